The minimum atomic E-state index is -4.69. The number of aryl methyl sites for hydroxylation is 1. The van der Waals surface area contributed by atoms with E-state index in [1.807, 2.05) is 11.8 Å². The Morgan fingerprint density at radius 3 is 2.24 bits per heavy atom. The van der Waals surface area contributed by atoms with Crippen molar-refractivity contribution in [2.45, 2.75) is 173 Å². The summed E-state index contributed by atoms with van der Waals surface area (Å²) in [4.78, 5) is 41.6. The number of aromatic amines is 1. The first-order chi connectivity index (χ1) is 24.1. The van der Waals surface area contributed by atoms with Crippen molar-refractivity contribution in [3.8, 4) is 0 Å². The molecule has 16 heteroatoms. The number of rotatable bonds is 30. The van der Waals surface area contributed by atoms with Crippen molar-refractivity contribution in [2.75, 3.05) is 25.6 Å². The summed E-state index contributed by atoms with van der Waals surface area (Å²) in [6, 6.07) is -0.790. The molecule has 0 spiro atoms. The molecule has 13 nitrogen and oxygen atoms in total. The maximum Gasteiger partial charge on any atom is 1.00 e. The largest absolute Gasteiger partial charge is 1.00 e. The van der Waals surface area contributed by atoms with E-state index in [0.29, 0.717) is 23.8 Å². The van der Waals surface area contributed by atoms with Crippen molar-refractivity contribution in [1.29, 1.82) is 0 Å². The second-order valence-electron chi connectivity index (χ2n) is 13.4. The second kappa shape index (κ2) is 28.8. The molecule has 1 aliphatic heterocycles. The summed E-state index contributed by atoms with van der Waals surface area (Å²) in [5, 5.41) is 4.09. The van der Waals surface area contributed by atoms with Gasteiger partial charge in [-0.15, -0.1) is 0 Å². The van der Waals surface area contributed by atoms with Gasteiger partial charge in [0.05, 0.1) is 31.5 Å². The molecule has 0 radical (unpaired) electrons. The predicted molar refractivity (Wildman–Crippen MR) is 199 cm³/mol. The number of unbranched alkanes of at least 4 members (excludes halogenated alkanes) is 13. The van der Waals surface area contributed by atoms with Crippen molar-refractivity contribution in [2.24, 2.45) is 5.11 Å². The van der Waals surface area contributed by atoms with E-state index in [2.05, 4.69) is 35.8 Å². The van der Waals surface area contributed by atoms with Crippen LogP contribution < -0.4 is 45.7 Å². The molecule has 2 heterocycles. The molecular weight excluding hydrogens is 704 g/mol. The number of nitrogens with one attached hydrogen (secondary N) is 1. The first kappa shape index (κ1) is 48.4. The van der Waals surface area contributed by atoms with Gasteiger partial charge in [0.2, 0.25) is 0 Å². The Morgan fingerprint density at radius 2 is 1.61 bits per heavy atom. The summed E-state index contributed by atoms with van der Waals surface area (Å²) >= 11 is 2.02. The van der Waals surface area contributed by atoms with Crippen molar-refractivity contribution in [3.05, 3.63) is 43.0 Å². The Morgan fingerprint density at radius 1 is 1.00 bits per heavy atom. The molecular formula is C35H63N5NaO8PS. The third-order valence-corrected chi connectivity index (χ3v) is 11.7. The molecule has 3 unspecified atom stereocenters. The molecule has 288 valence electrons. The summed E-state index contributed by atoms with van der Waals surface area (Å²) in [7, 11) is -4.69. The number of H-pyrrole nitrogens is 1. The summed E-state index contributed by atoms with van der Waals surface area (Å²) in [5.41, 5.74) is 8.08. The summed E-state index contributed by atoms with van der Waals surface area (Å²) in [6.45, 7) is 7.96. The number of nitrogens with zero attached hydrogens (tertiary/aromatic N) is 4. The standard InChI is InChI=1S/C35H64N5O8PS.Na/c1-5-7-9-11-13-14-15-17-19-24-50-32(21-18-16-12-10-8-6-2)29(4)45-22-20-23-46-49(43,44)47-27-31-30(38-39-36)25-33(48-31)40-26-28(3)34(41)37-35(40)42;/h26,29-33H,5-25,27H2,1-4H3,(H,43,44)(H,37,41,42);/q;+1/p-1/t29?,30-,31+,32?,33+;/m0./s1. The van der Waals surface area contributed by atoms with E-state index in [9.17, 15) is 19.0 Å². The fourth-order valence-corrected chi connectivity index (χ4v) is 8.18. The Labute approximate surface area is 331 Å². The quantitative estimate of drug-likeness (QED) is 0.0264. The average molecular weight is 768 g/mol. The number of hydrogen-bond donors (Lipinski definition) is 1. The van der Waals surface area contributed by atoms with E-state index < -0.39 is 44.1 Å². The maximum atomic E-state index is 12.5. The van der Waals surface area contributed by atoms with Crippen LogP contribution in [0.2, 0.25) is 0 Å². The van der Waals surface area contributed by atoms with Gasteiger partial charge in [0.15, 0.2) is 0 Å². The molecule has 0 aliphatic carbocycles. The molecule has 0 bridgehead atoms. The molecule has 1 N–H and O–H groups in total. The van der Waals surface area contributed by atoms with Gasteiger partial charge >= 0.3 is 35.2 Å². The van der Waals surface area contributed by atoms with Crippen molar-refractivity contribution in [1.82, 2.24) is 9.55 Å². The van der Waals surface area contributed by atoms with E-state index >= 15 is 0 Å². The van der Waals surface area contributed by atoms with Crippen LogP contribution in [0.4, 0.5) is 0 Å². The first-order valence-electron chi connectivity index (χ1n) is 19.0. The predicted octanol–water partition coefficient (Wildman–Crippen LogP) is 5.50. The molecule has 1 fully saturated rings. The van der Waals surface area contributed by atoms with Crippen LogP contribution in [-0.2, 0) is 23.1 Å². The third kappa shape index (κ3) is 20.6. The summed E-state index contributed by atoms with van der Waals surface area (Å²) < 4.78 is 35.8. The van der Waals surface area contributed by atoms with Crippen LogP contribution in [0.5, 0.6) is 0 Å². The van der Waals surface area contributed by atoms with Gasteiger partial charge in [0.25, 0.3) is 13.4 Å². The SMILES string of the molecule is CCCCCCCCCCCSC(CCCCCCCC)C(C)OCCCOP(=O)([O-])OC[C@H]1O[C@@H](n2cc(C)c(=O)[nH]c2=O)C[C@@H]1N=[N+]=[N-].[Na+]. The topological polar surface area (TPSA) is 181 Å². The van der Waals surface area contributed by atoms with Gasteiger partial charge < -0.3 is 23.4 Å². The zero-order valence-electron chi connectivity index (χ0n) is 31.9. The molecule has 2 rings (SSSR count). The van der Waals surface area contributed by atoms with Gasteiger partial charge in [0.1, 0.15) is 6.23 Å². The number of ether oxygens (including phenoxy) is 2. The molecule has 0 saturated carbocycles. The van der Waals surface area contributed by atoms with Crippen LogP contribution in [0.3, 0.4) is 0 Å². The van der Waals surface area contributed by atoms with Gasteiger partial charge in [0, 0.05) is 34.9 Å². The first-order valence-corrected chi connectivity index (χ1v) is 21.5. The van der Waals surface area contributed by atoms with E-state index in [4.69, 9.17) is 24.1 Å². The maximum absolute atomic E-state index is 12.5. The Bertz CT molecular complexity index is 1280. The molecule has 1 saturated heterocycles. The van der Waals surface area contributed by atoms with Crippen LogP contribution in [0.1, 0.15) is 148 Å². The van der Waals surface area contributed by atoms with Crippen molar-refractivity contribution in [3.63, 3.8) is 0 Å². The number of azide groups is 1. The van der Waals surface area contributed by atoms with Crippen molar-refractivity contribution < 1.29 is 57.5 Å². The van der Waals surface area contributed by atoms with E-state index in [1.54, 1.807) is 6.92 Å². The summed E-state index contributed by atoms with van der Waals surface area (Å²) in [5.74, 6) is 1.14. The molecule has 6 atom stereocenters. The zero-order valence-corrected chi connectivity index (χ0v) is 35.6. The Hall–Kier alpha value is -0.630. The fourth-order valence-electron chi connectivity index (χ4n) is 6.06. The van der Waals surface area contributed by atoms with Gasteiger partial charge in [-0.25, -0.2) is 4.79 Å². The minimum absolute atomic E-state index is 0. The van der Waals surface area contributed by atoms with Crippen LogP contribution in [-0.4, -0.2) is 58.6 Å². The van der Waals surface area contributed by atoms with Crippen LogP contribution in [0, 0.1) is 6.92 Å². The van der Waals surface area contributed by atoms with E-state index in [-0.39, 0.29) is 48.7 Å². The molecule has 51 heavy (non-hydrogen) atoms. The van der Waals surface area contributed by atoms with E-state index in [1.165, 1.54) is 107 Å². The molecule has 0 aromatic carbocycles. The van der Waals surface area contributed by atoms with Gasteiger partial charge in [-0.05, 0) is 44.4 Å². The fraction of sp³-hybridized carbons (Fsp3) is 0.886. The van der Waals surface area contributed by atoms with Crippen molar-refractivity contribution >= 4 is 19.6 Å². The zero-order chi connectivity index (χ0) is 36.6. The number of phosphoric acid groups is 1. The molecule has 1 aromatic heterocycles. The molecule has 1 aliphatic rings. The minimum Gasteiger partial charge on any atom is -0.756 e. The van der Waals surface area contributed by atoms with Crippen LogP contribution >= 0.6 is 19.6 Å². The molecule has 1 aromatic rings. The third-order valence-electron chi connectivity index (χ3n) is 9.12. The number of thioether (sulfide) groups is 1. The average Bonchev–Trinajstić information content (AvgIpc) is 3.49. The Balaban J connectivity index is 0.0000130. The normalized spacial score (nSPS) is 19.6. The van der Waals surface area contributed by atoms with Crippen LogP contribution in [0.25, 0.3) is 10.4 Å². The number of phosphoric ester groups is 1. The monoisotopic (exact) mass is 767 g/mol. The van der Waals surface area contributed by atoms with Gasteiger partial charge in [-0.2, -0.15) is 11.8 Å². The number of hydrogen-bond acceptors (Lipinski definition) is 10. The molecule has 0 amide bonds. The van der Waals surface area contributed by atoms with Gasteiger partial charge in [-0.1, -0.05) is 109 Å². The Kier molecular flexibility index (Phi) is 27.3. The summed E-state index contributed by atoms with van der Waals surface area (Å²) in [6.07, 6.45) is 20.6. The smallest absolute Gasteiger partial charge is 0.756 e. The van der Waals surface area contributed by atoms with Crippen LogP contribution in [0.15, 0.2) is 20.9 Å². The van der Waals surface area contributed by atoms with Gasteiger partial charge in [-0.3, -0.25) is 18.9 Å². The second-order valence-corrected chi connectivity index (χ2v) is 16.2. The van der Waals surface area contributed by atoms with E-state index in [0.717, 1.165) is 12.2 Å². The number of aromatic nitrogens is 2.